The molecule has 1 amide bonds. The molecule has 22 heavy (non-hydrogen) atoms. The minimum atomic E-state index is -0.0493. The van der Waals surface area contributed by atoms with Crippen molar-refractivity contribution in [1.29, 1.82) is 0 Å². The lowest BCUT2D eigenvalue weighted by Gasteiger charge is -2.23. The summed E-state index contributed by atoms with van der Waals surface area (Å²) in [4.78, 5) is 17.8. The average Bonchev–Trinajstić information content (AvgIpc) is 3.13. The summed E-state index contributed by atoms with van der Waals surface area (Å²) in [5, 5.41) is 1.35. The summed E-state index contributed by atoms with van der Waals surface area (Å²) in [6.07, 6.45) is 1.01. The van der Waals surface area contributed by atoms with Gasteiger partial charge in [-0.05, 0) is 31.5 Å². The highest BCUT2D eigenvalue weighted by Gasteiger charge is 2.25. The Morgan fingerprint density at radius 2 is 2.36 bits per heavy atom. The number of hydrogen-bond acceptors (Lipinski definition) is 2. The molecule has 1 aliphatic rings. The van der Waals surface area contributed by atoms with E-state index in [4.69, 9.17) is 16.3 Å². The van der Waals surface area contributed by atoms with Crippen molar-refractivity contribution in [2.24, 2.45) is 5.92 Å². The lowest BCUT2D eigenvalue weighted by molar-refractivity contribution is 0.0726. The maximum Gasteiger partial charge on any atom is 0.271 e. The number of amides is 1. The first-order chi connectivity index (χ1) is 10.6. The highest BCUT2D eigenvalue weighted by molar-refractivity contribution is 9.10. The van der Waals surface area contributed by atoms with Crippen LogP contribution in [0.2, 0.25) is 5.02 Å². The zero-order valence-electron chi connectivity index (χ0n) is 12.4. The molecule has 0 saturated carbocycles. The van der Waals surface area contributed by atoms with Gasteiger partial charge >= 0.3 is 0 Å². The topological polar surface area (TPSA) is 45.3 Å². The Hall–Kier alpha value is -1.04. The summed E-state index contributed by atoms with van der Waals surface area (Å²) < 4.78 is 6.34. The molecule has 6 heteroatoms. The molecule has 2 aromatic rings. The van der Waals surface area contributed by atoms with E-state index in [2.05, 4.69) is 20.9 Å². The van der Waals surface area contributed by atoms with Crippen LogP contribution in [0.15, 0.2) is 22.7 Å². The molecule has 1 saturated heterocycles. The molecule has 1 atom stereocenters. The SMILES string of the molecule is CCN(C[C@H]1CCOC1)C(=O)c1[nH]c2ccc(Br)cc2c1Cl. The summed E-state index contributed by atoms with van der Waals surface area (Å²) in [5.41, 5.74) is 1.34. The number of nitrogens with one attached hydrogen (secondary N) is 1. The van der Waals surface area contributed by atoms with Crippen molar-refractivity contribution in [1.82, 2.24) is 9.88 Å². The molecule has 3 rings (SSSR count). The molecule has 0 spiro atoms. The van der Waals surface area contributed by atoms with Crippen LogP contribution < -0.4 is 0 Å². The maximum absolute atomic E-state index is 12.8. The number of hydrogen-bond donors (Lipinski definition) is 1. The molecule has 1 aromatic heterocycles. The van der Waals surface area contributed by atoms with Gasteiger partial charge in [0.25, 0.3) is 5.91 Å². The Labute approximate surface area is 142 Å². The second-order valence-corrected chi connectivity index (χ2v) is 6.87. The smallest absolute Gasteiger partial charge is 0.271 e. The number of carbonyl (C=O) groups is 1. The van der Waals surface area contributed by atoms with Crippen molar-refractivity contribution >= 4 is 44.3 Å². The van der Waals surface area contributed by atoms with Gasteiger partial charge in [-0.1, -0.05) is 27.5 Å². The minimum Gasteiger partial charge on any atom is -0.381 e. The van der Waals surface area contributed by atoms with Gasteiger partial charge in [0.2, 0.25) is 0 Å². The maximum atomic E-state index is 12.8. The molecule has 1 N–H and O–H groups in total. The van der Waals surface area contributed by atoms with Crippen LogP contribution in [-0.4, -0.2) is 42.1 Å². The fourth-order valence-electron chi connectivity index (χ4n) is 2.83. The van der Waals surface area contributed by atoms with E-state index in [9.17, 15) is 4.79 Å². The molecular formula is C16H18BrClN2O2. The number of ether oxygens (including phenoxy) is 1. The van der Waals surface area contributed by atoms with Gasteiger partial charge in [-0.25, -0.2) is 0 Å². The van der Waals surface area contributed by atoms with Crippen LogP contribution in [0.4, 0.5) is 0 Å². The van der Waals surface area contributed by atoms with E-state index >= 15 is 0 Å². The first-order valence-corrected chi connectivity index (χ1v) is 8.61. The molecule has 1 fully saturated rings. The van der Waals surface area contributed by atoms with E-state index in [1.54, 1.807) is 0 Å². The fraction of sp³-hybridized carbons (Fsp3) is 0.438. The Morgan fingerprint density at radius 3 is 3.05 bits per heavy atom. The van der Waals surface area contributed by atoms with E-state index in [-0.39, 0.29) is 5.91 Å². The number of fused-ring (bicyclic) bond motifs is 1. The van der Waals surface area contributed by atoms with Crippen molar-refractivity contribution in [3.8, 4) is 0 Å². The molecule has 1 aromatic carbocycles. The second kappa shape index (κ2) is 6.60. The summed E-state index contributed by atoms with van der Waals surface area (Å²) in [6.45, 7) is 4.88. The quantitative estimate of drug-likeness (QED) is 0.862. The lowest BCUT2D eigenvalue weighted by atomic mass is 10.1. The van der Waals surface area contributed by atoms with Crippen LogP contribution in [0, 0.1) is 5.92 Å². The number of benzene rings is 1. The van der Waals surface area contributed by atoms with Gasteiger partial charge in [-0.2, -0.15) is 0 Å². The van der Waals surface area contributed by atoms with Crippen LogP contribution >= 0.6 is 27.5 Å². The predicted molar refractivity (Wildman–Crippen MR) is 91.5 cm³/mol. The number of halogens is 2. The summed E-state index contributed by atoms with van der Waals surface area (Å²) in [5.74, 6) is 0.368. The molecule has 118 valence electrons. The van der Waals surface area contributed by atoms with Crippen LogP contribution in [0.3, 0.4) is 0 Å². The van der Waals surface area contributed by atoms with Gasteiger partial charge in [-0.15, -0.1) is 0 Å². The molecule has 4 nitrogen and oxygen atoms in total. The number of nitrogens with zero attached hydrogens (tertiary/aromatic N) is 1. The summed E-state index contributed by atoms with van der Waals surface area (Å²) >= 11 is 9.85. The third-order valence-electron chi connectivity index (χ3n) is 4.08. The van der Waals surface area contributed by atoms with E-state index in [1.165, 1.54) is 0 Å². The van der Waals surface area contributed by atoms with Crippen molar-refractivity contribution in [3.05, 3.63) is 33.4 Å². The van der Waals surface area contributed by atoms with Crippen molar-refractivity contribution in [2.75, 3.05) is 26.3 Å². The Morgan fingerprint density at radius 1 is 1.55 bits per heavy atom. The predicted octanol–water partition coefficient (Wildman–Crippen LogP) is 4.08. The molecule has 0 radical (unpaired) electrons. The first-order valence-electron chi connectivity index (χ1n) is 7.44. The van der Waals surface area contributed by atoms with Gasteiger partial charge in [-0.3, -0.25) is 4.79 Å². The van der Waals surface area contributed by atoms with E-state index in [0.717, 1.165) is 35.0 Å². The van der Waals surface area contributed by atoms with Crippen molar-refractivity contribution in [3.63, 3.8) is 0 Å². The molecule has 0 bridgehead atoms. The normalized spacial score (nSPS) is 18.0. The van der Waals surface area contributed by atoms with Crippen molar-refractivity contribution in [2.45, 2.75) is 13.3 Å². The molecular weight excluding hydrogens is 368 g/mol. The van der Waals surface area contributed by atoms with Gasteiger partial charge in [0, 0.05) is 41.0 Å². The monoisotopic (exact) mass is 384 g/mol. The fourth-order valence-corrected chi connectivity index (χ4v) is 3.48. The number of H-pyrrole nitrogens is 1. The van der Waals surface area contributed by atoms with Crippen molar-refractivity contribution < 1.29 is 9.53 Å². The zero-order chi connectivity index (χ0) is 15.7. The third kappa shape index (κ3) is 3.03. The largest absolute Gasteiger partial charge is 0.381 e. The minimum absolute atomic E-state index is 0.0493. The number of carbonyl (C=O) groups excluding carboxylic acids is 1. The van der Waals surface area contributed by atoms with Gasteiger partial charge in [0.05, 0.1) is 11.6 Å². The van der Waals surface area contributed by atoms with Crippen LogP contribution in [0.25, 0.3) is 10.9 Å². The van der Waals surface area contributed by atoms with E-state index in [0.29, 0.717) is 29.7 Å². The average molecular weight is 386 g/mol. The first kappa shape index (κ1) is 15.8. The van der Waals surface area contributed by atoms with Gasteiger partial charge < -0.3 is 14.6 Å². The summed E-state index contributed by atoms with van der Waals surface area (Å²) in [6, 6.07) is 5.77. The van der Waals surface area contributed by atoms with E-state index in [1.807, 2.05) is 30.0 Å². The Kier molecular flexibility index (Phi) is 4.76. The van der Waals surface area contributed by atoms with Gasteiger partial charge in [0.15, 0.2) is 0 Å². The molecule has 0 aliphatic carbocycles. The third-order valence-corrected chi connectivity index (χ3v) is 4.97. The number of aromatic amines is 1. The van der Waals surface area contributed by atoms with Crippen LogP contribution in [-0.2, 0) is 4.74 Å². The second-order valence-electron chi connectivity index (χ2n) is 5.58. The molecule has 0 unspecified atom stereocenters. The van der Waals surface area contributed by atoms with Crippen LogP contribution in [0.5, 0.6) is 0 Å². The highest BCUT2D eigenvalue weighted by atomic mass is 79.9. The number of aromatic nitrogens is 1. The highest BCUT2D eigenvalue weighted by Crippen LogP contribution is 2.30. The zero-order valence-corrected chi connectivity index (χ0v) is 14.7. The molecule has 1 aliphatic heterocycles. The van der Waals surface area contributed by atoms with Gasteiger partial charge in [0.1, 0.15) is 5.69 Å². The lowest BCUT2D eigenvalue weighted by Crippen LogP contribution is -2.35. The van der Waals surface area contributed by atoms with Crippen LogP contribution in [0.1, 0.15) is 23.8 Å². The number of rotatable bonds is 4. The Balaban J connectivity index is 1.87. The molecule has 2 heterocycles. The Bertz CT molecular complexity index is 695. The standard InChI is InChI=1S/C16H18BrClN2O2/c1-2-20(8-10-5-6-22-9-10)16(21)15-14(18)12-7-11(17)3-4-13(12)19-15/h3-4,7,10,19H,2,5-6,8-9H2,1H3/t10-/m1/s1. The summed E-state index contributed by atoms with van der Waals surface area (Å²) in [7, 11) is 0. The van der Waals surface area contributed by atoms with E-state index < -0.39 is 0 Å².